The molecule has 10 aromatic carbocycles. The zero-order valence-electron chi connectivity index (χ0n) is 47.3. The average Bonchev–Trinajstić information content (AvgIpc) is 3.61. The summed E-state index contributed by atoms with van der Waals surface area (Å²) >= 11 is 0. The van der Waals surface area contributed by atoms with Gasteiger partial charge in [-0.2, -0.15) is 0 Å². The highest BCUT2D eigenvalue weighted by Crippen LogP contribution is 2.47. The molecule has 0 aromatic heterocycles. The van der Waals surface area contributed by atoms with Gasteiger partial charge in [0.25, 0.3) is 13.4 Å². The third-order valence-electron chi connectivity index (χ3n) is 17.5. The van der Waals surface area contributed by atoms with E-state index in [1.165, 1.54) is 168 Å². The first-order chi connectivity index (χ1) is 37.6. The molecule has 14 rings (SSSR count). The maximum absolute atomic E-state index is 2.51. The first-order valence-corrected chi connectivity index (χ1v) is 27.8. The van der Waals surface area contributed by atoms with Crippen molar-refractivity contribution in [3.05, 3.63) is 249 Å². The number of hydrogen-bond acceptors (Lipinski definition) is 4. The molecule has 0 bridgehead atoms. The van der Waals surface area contributed by atoms with Crippen LogP contribution in [0.4, 0.5) is 68.2 Å². The lowest BCUT2D eigenvalue weighted by atomic mass is 9.33. The van der Waals surface area contributed by atoms with Crippen molar-refractivity contribution in [2.75, 3.05) is 19.6 Å². The van der Waals surface area contributed by atoms with Crippen molar-refractivity contribution in [3.8, 4) is 0 Å². The van der Waals surface area contributed by atoms with Crippen LogP contribution in [0.1, 0.15) is 66.8 Å². The molecule has 4 nitrogen and oxygen atoms in total. The van der Waals surface area contributed by atoms with Crippen LogP contribution in [0.3, 0.4) is 0 Å². The molecule has 78 heavy (non-hydrogen) atoms. The molecule has 4 aliphatic heterocycles. The summed E-state index contributed by atoms with van der Waals surface area (Å²) in [6.45, 7) is 26.9. The van der Waals surface area contributed by atoms with E-state index in [1.807, 2.05) is 0 Å². The minimum atomic E-state index is 0.162. The van der Waals surface area contributed by atoms with Gasteiger partial charge in [-0.1, -0.05) is 84.9 Å². The Morgan fingerprint density at radius 2 is 0.526 bits per heavy atom. The topological polar surface area (TPSA) is 13.0 Å². The Hall–Kier alpha value is -8.47. The Morgan fingerprint density at radius 1 is 0.218 bits per heavy atom. The molecule has 0 saturated heterocycles. The number of nitrogens with zero attached hydrogens (tertiary/aromatic N) is 4. The van der Waals surface area contributed by atoms with Crippen LogP contribution in [-0.2, 0) is 0 Å². The highest BCUT2D eigenvalue weighted by Gasteiger charge is 2.45. The Labute approximate surface area is 463 Å². The molecule has 6 heteroatoms. The smallest absolute Gasteiger partial charge is 0.252 e. The van der Waals surface area contributed by atoms with E-state index in [4.69, 9.17) is 0 Å². The maximum Gasteiger partial charge on any atom is 0.252 e. The number of aryl methyl sites for hydroxylation is 12. The van der Waals surface area contributed by atoms with Gasteiger partial charge >= 0.3 is 0 Å². The molecule has 4 heterocycles. The van der Waals surface area contributed by atoms with Gasteiger partial charge in [0.15, 0.2) is 0 Å². The average molecular weight is 1010 g/mol. The zero-order chi connectivity index (χ0) is 54.0. The second-order valence-corrected chi connectivity index (χ2v) is 23.0. The molecule has 0 spiro atoms. The molecular weight excluding hydrogens is 942 g/mol. The van der Waals surface area contributed by atoms with Crippen LogP contribution in [-0.4, -0.2) is 13.4 Å². The number of anilines is 12. The highest BCUT2D eigenvalue weighted by atomic mass is 15.2. The summed E-state index contributed by atoms with van der Waals surface area (Å²) in [5.41, 5.74) is 38.9. The Morgan fingerprint density at radius 3 is 0.897 bits per heavy atom. The maximum atomic E-state index is 2.51. The van der Waals surface area contributed by atoms with Crippen molar-refractivity contribution in [2.45, 2.75) is 83.1 Å². The molecule has 0 N–H and O–H groups in total. The van der Waals surface area contributed by atoms with Crippen molar-refractivity contribution >= 4 is 114 Å². The first kappa shape index (κ1) is 49.1. The second kappa shape index (κ2) is 18.6. The van der Waals surface area contributed by atoms with Gasteiger partial charge in [-0.15, -0.1) is 0 Å². The number of hydrogen-bond donors (Lipinski definition) is 0. The lowest BCUT2D eigenvalue weighted by Gasteiger charge is -2.44. The van der Waals surface area contributed by atoms with Crippen molar-refractivity contribution in [1.29, 1.82) is 0 Å². The summed E-state index contributed by atoms with van der Waals surface area (Å²) in [6.07, 6.45) is 0. The molecular formula is C72H66B2N4. The largest absolute Gasteiger partial charge is 0.311 e. The summed E-state index contributed by atoms with van der Waals surface area (Å²) in [4.78, 5) is 9.96. The van der Waals surface area contributed by atoms with Crippen LogP contribution in [0.25, 0.3) is 0 Å². The van der Waals surface area contributed by atoms with Crippen molar-refractivity contribution in [3.63, 3.8) is 0 Å². The monoisotopic (exact) mass is 1010 g/mol. The number of fused-ring (bicyclic) bond motifs is 8. The van der Waals surface area contributed by atoms with Crippen LogP contribution in [0.15, 0.2) is 182 Å². The van der Waals surface area contributed by atoms with Gasteiger partial charge in [0.1, 0.15) is 0 Å². The lowest BCUT2D eigenvalue weighted by molar-refractivity contribution is 1.21. The Kier molecular flexibility index (Phi) is 11.7. The molecule has 0 fully saturated rings. The fourth-order valence-electron chi connectivity index (χ4n) is 13.0. The van der Waals surface area contributed by atoms with Crippen LogP contribution in [0.2, 0.25) is 0 Å². The van der Waals surface area contributed by atoms with E-state index in [1.54, 1.807) is 0 Å². The molecule has 0 aliphatic carbocycles. The first-order valence-electron chi connectivity index (χ1n) is 27.8. The van der Waals surface area contributed by atoms with E-state index in [2.05, 4.69) is 285 Å². The predicted octanol–water partition coefficient (Wildman–Crippen LogP) is 15.2. The molecule has 4 aliphatic rings. The fourth-order valence-corrected chi connectivity index (χ4v) is 13.0. The number of benzene rings is 10. The summed E-state index contributed by atoms with van der Waals surface area (Å²) in [5, 5.41) is 0. The molecule has 0 saturated carbocycles. The summed E-state index contributed by atoms with van der Waals surface area (Å²) in [6, 6.07) is 68.9. The van der Waals surface area contributed by atoms with Crippen molar-refractivity contribution < 1.29 is 0 Å². The van der Waals surface area contributed by atoms with Crippen LogP contribution < -0.4 is 52.4 Å². The summed E-state index contributed by atoms with van der Waals surface area (Å²) in [7, 11) is 0. The van der Waals surface area contributed by atoms with Gasteiger partial charge in [-0.3, -0.25) is 0 Å². The van der Waals surface area contributed by atoms with E-state index >= 15 is 0 Å². The number of rotatable bonds is 4. The normalized spacial score (nSPS) is 13.2. The third kappa shape index (κ3) is 7.82. The van der Waals surface area contributed by atoms with Gasteiger partial charge in [-0.25, -0.2) is 0 Å². The van der Waals surface area contributed by atoms with E-state index < -0.39 is 0 Å². The van der Waals surface area contributed by atoms with Crippen molar-refractivity contribution in [2.24, 2.45) is 0 Å². The van der Waals surface area contributed by atoms with E-state index in [9.17, 15) is 0 Å². The molecule has 0 unspecified atom stereocenters. The Balaban J connectivity index is 0.000000149. The van der Waals surface area contributed by atoms with Gasteiger partial charge in [0, 0.05) is 68.2 Å². The van der Waals surface area contributed by atoms with Gasteiger partial charge in [-0.05, 0) is 280 Å². The SMILES string of the molecule is Cc1ccc(N2c3cc(C)c(C)cc3B3c4cc(C)c(C)cc4N(c4ccc(C)c(C)c4)c4cccc2c43)cc1C.Cc1cccc(N2c3cc(C)ccc3B3c4ccc(C)cc4N(c4cccc(C)c4)c4cccc2c43)c1. The van der Waals surface area contributed by atoms with Crippen LogP contribution in [0.5, 0.6) is 0 Å². The van der Waals surface area contributed by atoms with Gasteiger partial charge < -0.3 is 19.6 Å². The summed E-state index contributed by atoms with van der Waals surface area (Å²) in [5.74, 6) is 0. The van der Waals surface area contributed by atoms with Gasteiger partial charge in [0.2, 0.25) is 0 Å². The van der Waals surface area contributed by atoms with Crippen LogP contribution in [0, 0.1) is 83.1 Å². The predicted molar refractivity (Wildman–Crippen MR) is 338 cm³/mol. The van der Waals surface area contributed by atoms with Crippen molar-refractivity contribution in [1.82, 2.24) is 0 Å². The Bertz CT molecular complexity index is 3880. The second-order valence-electron chi connectivity index (χ2n) is 23.0. The molecule has 380 valence electrons. The fraction of sp³-hybridized carbons (Fsp3) is 0.167. The molecule has 10 aromatic rings. The van der Waals surface area contributed by atoms with E-state index in [0.717, 1.165) is 0 Å². The van der Waals surface area contributed by atoms with Gasteiger partial charge in [0.05, 0.1) is 0 Å². The summed E-state index contributed by atoms with van der Waals surface area (Å²) < 4.78 is 0. The molecule has 0 amide bonds. The third-order valence-corrected chi connectivity index (χ3v) is 17.5. The quantitative estimate of drug-likeness (QED) is 0.163. The van der Waals surface area contributed by atoms with Crippen LogP contribution >= 0.6 is 0 Å². The lowest BCUT2D eigenvalue weighted by Crippen LogP contribution is -2.61. The molecule has 0 atom stereocenters. The van der Waals surface area contributed by atoms with E-state index in [-0.39, 0.29) is 13.4 Å². The minimum absolute atomic E-state index is 0.162. The van der Waals surface area contributed by atoms with E-state index in [0.29, 0.717) is 0 Å². The minimum Gasteiger partial charge on any atom is -0.311 e. The highest BCUT2D eigenvalue weighted by molar-refractivity contribution is 7.01. The standard InChI is InChI=1S/C38H37BN2.C34H29BN2/c1-22-12-14-30(16-24(22)3)40-34-10-9-11-35-38(34)39(32-18-26(5)28(7)20-36(32)40)33-19-27(6)29(8)21-37(33)41(35)31-15-13-23(2)25(4)17-31;1-22-8-5-10-26(18-22)36-30-12-7-13-31-34(30)35(28-16-14-24(3)20-32(28)36)29-17-15-25(4)21-33(29)37(31)27-11-6-9-23(2)19-27/h9-21H,1-8H3;5-21H,1-4H3. The molecule has 0 radical (unpaired) electrons. The zero-order valence-corrected chi connectivity index (χ0v) is 47.3.